The number of nitriles is 1. The molecule has 0 radical (unpaired) electrons. The number of β-amino-alcohol motifs (C(OH)–C–C–N with tert-alkyl or cyclic N) is 1. The highest BCUT2D eigenvalue weighted by Gasteiger charge is 2.40. The minimum absolute atomic E-state index is 0.0152. The molecule has 51 heavy (non-hydrogen) atoms. The van der Waals surface area contributed by atoms with Crippen LogP contribution in [0.3, 0.4) is 0 Å². The fourth-order valence-corrected chi connectivity index (χ4v) is 6.47. The minimum atomic E-state index is -1.60. The van der Waals surface area contributed by atoms with E-state index < -0.39 is 23.7 Å². The summed E-state index contributed by atoms with van der Waals surface area (Å²) in [7, 11) is 0. The van der Waals surface area contributed by atoms with Crippen LogP contribution in [0, 0.1) is 17.2 Å². The van der Waals surface area contributed by atoms with Gasteiger partial charge in [-0.25, -0.2) is 0 Å². The third-order valence-corrected chi connectivity index (χ3v) is 9.84. The molecule has 11 nitrogen and oxygen atoms in total. The molecular weight excluding hydrogens is 672 g/mol. The number of nitrogens with one attached hydrogen (secondary N) is 1. The Labute approximate surface area is 303 Å². The normalized spacial score (nSPS) is 21.5. The topological polar surface area (TPSA) is 157 Å². The lowest BCUT2D eigenvalue weighted by Crippen LogP contribution is -2.52. The van der Waals surface area contributed by atoms with Crippen molar-refractivity contribution in [1.82, 2.24) is 15.2 Å². The molecule has 4 atom stereocenters. The fourth-order valence-electron chi connectivity index (χ4n) is 6.22. The lowest BCUT2D eigenvalue weighted by atomic mass is 9.77. The van der Waals surface area contributed by atoms with E-state index in [1.807, 2.05) is 30.4 Å². The van der Waals surface area contributed by atoms with Crippen LogP contribution in [0.15, 0.2) is 79.2 Å². The lowest BCUT2D eigenvalue weighted by Gasteiger charge is -2.40. The number of hydrogen-bond donors (Lipinski definition) is 4. The number of nitrogens with zero attached hydrogens (tertiary/aromatic N) is 3. The first kappa shape index (κ1) is 38.0. The van der Waals surface area contributed by atoms with E-state index in [1.54, 1.807) is 24.4 Å². The Morgan fingerprint density at radius 1 is 1.20 bits per heavy atom. The maximum Gasteiger partial charge on any atom is 0.326 e. The quantitative estimate of drug-likeness (QED) is 0.140. The van der Waals surface area contributed by atoms with Crippen LogP contribution in [0.25, 0.3) is 5.57 Å². The van der Waals surface area contributed by atoms with Gasteiger partial charge < -0.3 is 34.4 Å². The van der Waals surface area contributed by atoms with Crippen molar-refractivity contribution in [3.8, 4) is 17.6 Å². The molecule has 1 fully saturated rings. The Hall–Kier alpha value is -4.28. The number of carbonyl (C=O) groups is 1. The number of aromatic nitrogens is 1. The summed E-state index contributed by atoms with van der Waals surface area (Å²) in [6.45, 7) is 5.93. The number of aliphatic hydroxyl groups is 2. The third kappa shape index (κ3) is 9.54. The second kappa shape index (κ2) is 17.3. The molecule has 0 saturated carbocycles. The van der Waals surface area contributed by atoms with Gasteiger partial charge in [0, 0.05) is 68.3 Å². The van der Waals surface area contributed by atoms with E-state index in [-0.39, 0.29) is 36.8 Å². The van der Waals surface area contributed by atoms with Gasteiger partial charge in [0.05, 0.1) is 23.3 Å². The first-order chi connectivity index (χ1) is 24.6. The molecule has 5 rings (SSSR count). The van der Waals surface area contributed by atoms with Gasteiger partial charge >= 0.3 is 5.97 Å². The van der Waals surface area contributed by atoms with Crippen LogP contribution in [0.1, 0.15) is 48.9 Å². The SMILES string of the molecule is CC1C(c2ccccc2)=CC=CC1(COc1cc(OCc2cncc(C#N)c2)c(CNC(C)(CO)C(=O)O)cc1Cl)OCCCN1CC[C@@H](O)C1. The number of aliphatic carboxylic acids is 1. The van der Waals surface area contributed by atoms with E-state index in [0.29, 0.717) is 41.3 Å². The van der Waals surface area contributed by atoms with Crippen LogP contribution in [0.4, 0.5) is 0 Å². The summed E-state index contributed by atoms with van der Waals surface area (Å²) in [5.74, 6) is -0.592. The first-order valence-corrected chi connectivity index (χ1v) is 17.4. The Morgan fingerprint density at radius 3 is 2.71 bits per heavy atom. The van der Waals surface area contributed by atoms with Crippen molar-refractivity contribution in [2.24, 2.45) is 5.92 Å². The maximum absolute atomic E-state index is 11.9. The minimum Gasteiger partial charge on any atom is -0.489 e. The van der Waals surface area contributed by atoms with Crippen molar-refractivity contribution < 1.29 is 34.3 Å². The number of pyridine rings is 1. The van der Waals surface area contributed by atoms with Crippen LogP contribution >= 0.6 is 11.6 Å². The van der Waals surface area contributed by atoms with E-state index in [1.165, 1.54) is 13.1 Å². The molecule has 0 spiro atoms. The van der Waals surface area contributed by atoms with Gasteiger partial charge in [0.15, 0.2) is 0 Å². The summed E-state index contributed by atoms with van der Waals surface area (Å²) in [6.07, 6.45) is 10.5. The van der Waals surface area contributed by atoms with Gasteiger partial charge in [0.25, 0.3) is 0 Å². The molecule has 1 aliphatic heterocycles. The average Bonchev–Trinajstić information content (AvgIpc) is 3.57. The number of hydrogen-bond acceptors (Lipinski definition) is 10. The number of aliphatic hydroxyl groups excluding tert-OH is 2. The lowest BCUT2D eigenvalue weighted by molar-refractivity contribution is -0.145. The molecule has 2 aliphatic rings. The number of halogens is 1. The molecule has 1 aliphatic carbocycles. The second-order valence-corrected chi connectivity index (χ2v) is 13.7. The molecular formula is C39H45ClN4O7. The zero-order valence-electron chi connectivity index (χ0n) is 28.9. The highest BCUT2D eigenvalue weighted by atomic mass is 35.5. The molecule has 3 unspecified atom stereocenters. The average molecular weight is 717 g/mol. The van der Waals surface area contributed by atoms with E-state index in [4.69, 9.17) is 25.8 Å². The Kier molecular flexibility index (Phi) is 12.9. The van der Waals surface area contributed by atoms with Crippen LogP contribution < -0.4 is 14.8 Å². The molecule has 0 amide bonds. The van der Waals surface area contributed by atoms with Crippen molar-refractivity contribution in [3.63, 3.8) is 0 Å². The van der Waals surface area contributed by atoms with Crippen molar-refractivity contribution in [2.75, 3.05) is 39.5 Å². The summed E-state index contributed by atoms with van der Waals surface area (Å²) in [6, 6.07) is 17.2. The van der Waals surface area contributed by atoms with Gasteiger partial charge in [-0.2, -0.15) is 5.26 Å². The molecule has 2 aromatic carbocycles. The third-order valence-electron chi connectivity index (χ3n) is 9.54. The van der Waals surface area contributed by atoms with Gasteiger partial charge in [-0.05, 0) is 49.1 Å². The molecule has 1 aromatic heterocycles. The predicted octanol–water partition coefficient (Wildman–Crippen LogP) is 4.99. The summed E-state index contributed by atoms with van der Waals surface area (Å²) < 4.78 is 19.4. The first-order valence-electron chi connectivity index (χ1n) is 17.1. The molecule has 3 aromatic rings. The fraction of sp³-hybridized carbons (Fsp3) is 0.410. The van der Waals surface area contributed by atoms with E-state index >= 15 is 0 Å². The van der Waals surface area contributed by atoms with Gasteiger partial charge in [-0.15, -0.1) is 0 Å². The van der Waals surface area contributed by atoms with Crippen LogP contribution in [-0.4, -0.2) is 87.9 Å². The molecule has 12 heteroatoms. The molecule has 1 saturated heterocycles. The number of carboxylic acids is 1. The van der Waals surface area contributed by atoms with Gasteiger partial charge in [0.2, 0.25) is 0 Å². The van der Waals surface area contributed by atoms with Crippen LogP contribution in [0.2, 0.25) is 5.02 Å². The van der Waals surface area contributed by atoms with E-state index in [0.717, 1.165) is 37.1 Å². The van der Waals surface area contributed by atoms with E-state index in [2.05, 4.69) is 46.4 Å². The van der Waals surface area contributed by atoms with Crippen LogP contribution in [-0.2, 0) is 22.7 Å². The predicted molar refractivity (Wildman–Crippen MR) is 193 cm³/mol. The summed E-state index contributed by atoms with van der Waals surface area (Å²) in [5.41, 5.74) is 1.34. The summed E-state index contributed by atoms with van der Waals surface area (Å²) >= 11 is 6.82. The number of benzene rings is 2. The maximum atomic E-state index is 11.9. The van der Waals surface area contributed by atoms with Crippen molar-refractivity contribution >= 4 is 23.1 Å². The number of ether oxygens (including phenoxy) is 3. The summed E-state index contributed by atoms with van der Waals surface area (Å²) in [4.78, 5) is 18.2. The Morgan fingerprint density at radius 2 is 2.00 bits per heavy atom. The molecule has 4 N–H and O–H groups in total. The second-order valence-electron chi connectivity index (χ2n) is 13.3. The Bertz CT molecular complexity index is 1760. The molecule has 0 bridgehead atoms. The van der Waals surface area contributed by atoms with Crippen LogP contribution in [0.5, 0.6) is 11.5 Å². The Balaban J connectivity index is 1.39. The van der Waals surface area contributed by atoms with Gasteiger partial charge in [-0.3, -0.25) is 15.1 Å². The largest absolute Gasteiger partial charge is 0.489 e. The number of rotatable bonds is 17. The van der Waals surface area contributed by atoms with Gasteiger partial charge in [-0.1, -0.05) is 61.0 Å². The zero-order valence-corrected chi connectivity index (χ0v) is 29.7. The number of allylic oxidation sites excluding steroid dienone is 2. The molecule has 270 valence electrons. The van der Waals surface area contributed by atoms with Crippen molar-refractivity contribution in [3.05, 3.63) is 106 Å². The highest BCUT2D eigenvalue weighted by molar-refractivity contribution is 6.32. The van der Waals surface area contributed by atoms with Crippen molar-refractivity contribution in [2.45, 2.75) is 57.1 Å². The monoisotopic (exact) mass is 716 g/mol. The standard InChI is InChI=1S/C39H45ClN4O7/c1-27-33(30-8-4-3-5-9-30)10-6-12-39(27,51-15-7-13-44-14-11-32(46)23-44)26-50-36-18-35(49-24-29-16-28(19-41)20-42-21-29)31(17-34(36)40)22-43-38(2,25-45)37(47)48/h3-6,8-10,12,16-18,20-21,27,32,43,45-46H,7,11,13-15,22-26H2,1-2H3,(H,47,48)/t27?,32-,38?,39?/m1/s1. The smallest absolute Gasteiger partial charge is 0.326 e. The highest BCUT2D eigenvalue weighted by Crippen LogP contribution is 2.41. The van der Waals surface area contributed by atoms with E-state index in [9.17, 15) is 25.4 Å². The van der Waals surface area contributed by atoms with Gasteiger partial charge in [0.1, 0.15) is 41.9 Å². The summed E-state index contributed by atoms with van der Waals surface area (Å²) in [5, 5.41) is 41.9. The molecule has 2 heterocycles. The number of likely N-dealkylation sites (tertiary alicyclic amines) is 1. The zero-order chi connectivity index (χ0) is 36.4. The number of carboxylic acid groups (broad SMARTS) is 1. The van der Waals surface area contributed by atoms with Crippen molar-refractivity contribution in [1.29, 1.82) is 5.26 Å².